The molecule has 7 atom stereocenters. The SMILES string of the molecule is CC[C@@H]1O[C@H]2C[C@H]3O[Si](C(C)(C)C)(C(C)(C)C)OC[C@H]3O[C@H]2[C@H](C)[C@H]1O[Si](C)(C)C(C)(C)C. The second-order valence-corrected chi connectivity index (χ2v) is 23.8. The van der Waals surface area contributed by atoms with Gasteiger partial charge in [0.1, 0.15) is 6.10 Å². The standard InChI is InChI=1S/C26H52O5Si2/c1-14-18-23(31-32(12,13)24(3,4)5)17(2)22-20(28-18)15-19-21(29-22)16-27-33(30-19,25(6,7)8)26(9,10)11/h17-23H,14-16H2,1-13H3/t17-,18-,19+,20-,21+,22-,23+/m0/s1. The molecule has 194 valence electrons. The minimum atomic E-state index is -2.51. The predicted octanol–water partition coefficient (Wildman–Crippen LogP) is 6.81. The molecule has 7 heteroatoms. The van der Waals surface area contributed by atoms with Crippen molar-refractivity contribution < 1.29 is 22.8 Å². The molecule has 0 saturated carbocycles. The number of ether oxygens (including phenoxy) is 2. The molecule has 0 spiro atoms. The van der Waals surface area contributed by atoms with Crippen LogP contribution in [0.1, 0.15) is 89.0 Å². The highest BCUT2D eigenvalue weighted by molar-refractivity contribution is 6.74. The summed E-state index contributed by atoms with van der Waals surface area (Å²) in [7, 11) is -4.44. The third-order valence-electron chi connectivity index (χ3n) is 8.71. The first-order valence-electron chi connectivity index (χ1n) is 13.1. The van der Waals surface area contributed by atoms with E-state index in [1.165, 1.54) is 0 Å². The van der Waals surface area contributed by atoms with E-state index in [4.69, 9.17) is 22.8 Å². The Hall–Kier alpha value is 0.234. The molecule has 3 heterocycles. The van der Waals surface area contributed by atoms with Crippen LogP contribution >= 0.6 is 0 Å². The van der Waals surface area contributed by atoms with Gasteiger partial charge in [0.25, 0.3) is 0 Å². The fourth-order valence-electron chi connectivity index (χ4n) is 5.97. The molecule has 0 aliphatic carbocycles. The molecule has 0 N–H and O–H groups in total. The van der Waals surface area contributed by atoms with Crippen LogP contribution < -0.4 is 0 Å². The summed E-state index contributed by atoms with van der Waals surface area (Å²) < 4.78 is 34.1. The van der Waals surface area contributed by atoms with Crippen molar-refractivity contribution in [2.45, 2.75) is 154 Å². The van der Waals surface area contributed by atoms with Crippen molar-refractivity contribution in [3.8, 4) is 0 Å². The maximum absolute atomic E-state index is 7.00. The molecule has 0 aromatic carbocycles. The average Bonchev–Trinajstić information content (AvgIpc) is 2.65. The van der Waals surface area contributed by atoms with Crippen molar-refractivity contribution in [1.29, 1.82) is 0 Å². The molecule has 3 saturated heterocycles. The Balaban J connectivity index is 1.82. The van der Waals surface area contributed by atoms with E-state index in [-0.39, 0.29) is 57.7 Å². The lowest BCUT2D eigenvalue weighted by Gasteiger charge is -2.59. The zero-order valence-corrected chi connectivity index (χ0v) is 25.7. The van der Waals surface area contributed by atoms with Crippen LogP contribution in [-0.4, -0.2) is 60.1 Å². The van der Waals surface area contributed by atoms with Crippen LogP contribution in [0.5, 0.6) is 0 Å². The minimum Gasteiger partial charge on any atom is -0.411 e. The van der Waals surface area contributed by atoms with Crippen molar-refractivity contribution in [2.24, 2.45) is 5.92 Å². The summed E-state index contributed by atoms with van der Waals surface area (Å²) in [6.45, 7) is 30.3. The monoisotopic (exact) mass is 500 g/mol. The Labute approximate surface area is 206 Å². The van der Waals surface area contributed by atoms with Gasteiger partial charge in [0.15, 0.2) is 8.32 Å². The van der Waals surface area contributed by atoms with Gasteiger partial charge in [-0.05, 0) is 24.6 Å². The van der Waals surface area contributed by atoms with Gasteiger partial charge in [-0.25, -0.2) is 0 Å². The van der Waals surface area contributed by atoms with Gasteiger partial charge in [-0.3, -0.25) is 0 Å². The topological polar surface area (TPSA) is 46.2 Å². The molecule has 0 bridgehead atoms. The first-order valence-corrected chi connectivity index (χ1v) is 17.9. The Morgan fingerprint density at radius 2 is 1.45 bits per heavy atom. The molecule has 33 heavy (non-hydrogen) atoms. The van der Waals surface area contributed by atoms with Crippen molar-refractivity contribution in [3.05, 3.63) is 0 Å². The molecule has 3 fully saturated rings. The molecule has 0 amide bonds. The highest BCUT2D eigenvalue weighted by Gasteiger charge is 2.64. The van der Waals surface area contributed by atoms with Gasteiger partial charge < -0.3 is 22.8 Å². The molecule has 0 unspecified atom stereocenters. The first kappa shape index (κ1) is 27.8. The molecule has 0 radical (unpaired) electrons. The fourth-order valence-corrected chi connectivity index (χ4v) is 12.3. The Kier molecular flexibility index (Phi) is 7.55. The molecule has 3 rings (SSSR count). The summed E-state index contributed by atoms with van der Waals surface area (Å²) in [6, 6.07) is 0. The van der Waals surface area contributed by atoms with Gasteiger partial charge in [0, 0.05) is 22.4 Å². The van der Waals surface area contributed by atoms with Gasteiger partial charge in [-0.15, -0.1) is 0 Å². The Bertz CT molecular complexity index is 676. The zero-order chi connectivity index (χ0) is 25.2. The van der Waals surface area contributed by atoms with Gasteiger partial charge >= 0.3 is 8.56 Å². The third kappa shape index (κ3) is 4.94. The predicted molar refractivity (Wildman–Crippen MR) is 139 cm³/mol. The normalized spacial score (nSPS) is 37.9. The second kappa shape index (κ2) is 8.96. The molecular formula is C26H52O5Si2. The summed E-state index contributed by atoms with van der Waals surface area (Å²) in [5.74, 6) is 0.276. The molecule has 3 aliphatic heterocycles. The summed E-state index contributed by atoms with van der Waals surface area (Å²) >= 11 is 0. The average molecular weight is 501 g/mol. The van der Waals surface area contributed by atoms with Crippen LogP contribution in [-0.2, 0) is 22.8 Å². The smallest absolute Gasteiger partial charge is 0.349 e. The van der Waals surface area contributed by atoms with Crippen molar-refractivity contribution in [3.63, 3.8) is 0 Å². The Morgan fingerprint density at radius 3 is 1.94 bits per heavy atom. The molecular weight excluding hydrogens is 448 g/mol. The summed E-state index contributed by atoms with van der Waals surface area (Å²) in [5.41, 5.74) is 0. The van der Waals surface area contributed by atoms with Crippen LogP contribution in [0.2, 0.25) is 28.2 Å². The van der Waals surface area contributed by atoms with Crippen molar-refractivity contribution in [1.82, 2.24) is 0 Å². The van der Waals surface area contributed by atoms with Crippen LogP contribution in [0.4, 0.5) is 0 Å². The van der Waals surface area contributed by atoms with Crippen LogP contribution in [0.15, 0.2) is 0 Å². The van der Waals surface area contributed by atoms with Crippen LogP contribution in [0.3, 0.4) is 0 Å². The van der Waals surface area contributed by atoms with Gasteiger partial charge in [0.2, 0.25) is 0 Å². The van der Waals surface area contributed by atoms with Gasteiger partial charge in [-0.1, -0.05) is 76.2 Å². The molecule has 5 nitrogen and oxygen atoms in total. The Morgan fingerprint density at radius 1 is 0.879 bits per heavy atom. The van der Waals surface area contributed by atoms with Crippen molar-refractivity contribution >= 4 is 16.9 Å². The largest absolute Gasteiger partial charge is 0.411 e. The fraction of sp³-hybridized carbons (Fsp3) is 1.00. The van der Waals surface area contributed by atoms with E-state index in [2.05, 4.69) is 89.3 Å². The molecule has 3 aliphatic rings. The zero-order valence-electron chi connectivity index (χ0n) is 23.7. The number of hydrogen-bond acceptors (Lipinski definition) is 5. The van der Waals surface area contributed by atoms with Crippen LogP contribution in [0.25, 0.3) is 0 Å². The van der Waals surface area contributed by atoms with E-state index >= 15 is 0 Å². The van der Waals surface area contributed by atoms with E-state index in [1.807, 2.05) is 0 Å². The van der Waals surface area contributed by atoms with E-state index in [1.54, 1.807) is 0 Å². The third-order valence-corrected chi connectivity index (χ3v) is 18.3. The lowest BCUT2D eigenvalue weighted by atomic mass is 9.82. The first-order chi connectivity index (χ1) is 14.8. The lowest BCUT2D eigenvalue weighted by molar-refractivity contribution is -0.273. The minimum absolute atomic E-state index is 0.0226. The quantitative estimate of drug-likeness (QED) is 0.399. The number of rotatable bonds is 3. The summed E-state index contributed by atoms with van der Waals surface area (Å²) in [4.78, 5) is 0. The summed E-state index contributed by atoms with van der Waals surface area (Å²) in [6.07, 6.45) is 2.08. The van der Waals surface area contributed by atoms with Gasteiger partial charge in [-0.2, -0.15) is 0 Å². The second-order valence-electron chi connectivity index (χ2n) is 14.3. The van der Waals surface area contributed by atoms with Gasteiger partial charge in [0.05, 0.1) is 37.1 Å². The van der Waals surface area contributed by atoms with Crippen molar-refractivity contribution in [2.75, 3.05) is 6.61 Å². The highest BCUT2D eigenvalue weighted by atomic mass is 28.4. The number of hydrogen-bond donors (Lipinski definition) is 0. The highest BCUT2D eigenvalue weighted by Crippen LogP contribution is 2.55. The molecule has 0 aromatic rings. The maximum Gasteiger partial charge on any atom is 0.349 e. The number of fused-ring (bicyclic) bond motifs is 2. The lowest BCUT2D eigenvalue weighted by Crippen LogP contribution is -2.69. The van der Waals surface area contributed by atoms with E-state index < -0.39 is 16.9 Å². The van der Waals surface area contributed by atoms with E-state index in [0.717, 1.165) is 12.8 Å². The summed E-state index contributed by atoms with van der Waals surface area (Å²) in [5, 5.41) is 0.114. The molecule has 0 aromatic heterocycles. The van der Waals surface area contributed by atoms with Crippen LogP contribution in [0, 0.1) is 5.92 Å². The van der Waals surface area contributed by atoms with E-state index in [0.29, 0.717) is 6.61 Å². The van der Waals surface area contributed by atoms with E-state index in [9.17, 15) is 0 Å². The maximum atomic E-state index is 7.00.